The Kier molecular flexibility index (Phi) is 4.62. The van der Waals surface area contributed by atoms with Crippen LogP contribution in [0.4, 0.5) is 8.78 Å². The number of nitrogens with one attached hydrogen (secondary N) is 1. The van der Waals surface area contributed by atoms with Gasteiger partial charge in [0.25, 0.3) is 5.91 Å². The summed E-state index contributed by atoms with van der Waals surface area (Å²) in [6.45, 7) is 1.10. The molecule has 0 aliphatic heterocycles. The van der Waals surface area contributed by atoms with Gasteiger partial charge in [-0.2, -0.15) is 0 Å². The lowest BCUT2D eigenvalue weighted by atomic mass is 9.91. The average molecular weight is 390 g/mol. The molecule has 0 saturated carbocycles. The summed E-state index contributed by atoms with van der Waals surface area (Å²) in [7, 11) is 0. The van der Waals surface area contributed by atoms with E-state index in [2.05, 4.69) is 21.2 Å². The number of carboxylic acid groups (broad SMARTS) is 1. The quantitative estimate of drug-likeness (QED) is 0.840. The van der Waals surface area contributed by atoms with E-state index in [1.54, 1.807) is 0 Å². The Hall–Kier alpha value is -1.80. The normalized spacial score (nSPS) is 13.5. The van der Waals surface area contributed by atoms with Crippen molar-refractivity contribution in [3.8, 4) is 0 Å². The minimum Gasteiger partial charge on any atom is -0.479 e. The minimum absolute atomic E-state index is 0.223. The number of hydrogen-bond acceptors (Lipinski definition) is 3. The van der Waals surface area contributed by atoms with Crippen LogP contribution in [-0.2, 0) is 10.3 Å². The molecule has 1 unspecified atom stereocenters. The zero-order valence-electron chi connectivity index (χ0n) is 11.2. The largest absolute Gasteiger partial charge is 0.479 e. The van der Waals surface area contributed by atoms with Crippen LogP contribution in [0.3, 0.4) is 0 Å². The second-order valence-electron chi connectivity index (χ2n) is 4.65. The van der Waals surface area contributed by atoms with Crippen LogP contribution in [0.15, 0.2) is 33.4 Å². The lowest BCUT2D eigenvalue weighted by Crippen LogP contribution is -2.50. The maximum absolute atomic E-state index is 13.9. The molecule has 0 fully saturated rings. The predicted molar refractivity (Wildman–Crippen MR) is 80.8 cm³/mol. The maximum Gasteiger partial charge on any atom is 0.333 e. The van der Waals surface area contributed by atoms with Crippen LogP contribution in [0.1, 0.15) is 22.8 Å². The molecule has 0 radical (unpaired) electrons. The molecule has 0 bridgehead atoms. The predicted octanol–water partition coefficient (Wildman–Crippen LogP) is 3.52. The molecule has 0 aliphatic carbocycles. The second kappa shape index (κ2) is 6.13. The van der Waals surface area contributed by atoms with Gasteiger partial charge in [-0.3, -0.25) is 4.79 Å². The van der Waals surface area contributed by atoms with Crippen LogP contribution >= 0.6 is 27.3 Å². The molecule has 8 heteroatoms. The molecule has 2 N–H and O–H groups in total. The van der Waals surface area contributed by atoms with Crippen molar-refractivity contribution in [3.05, 3.63) is 56.2 Å². The van der Waals surface area contributed by atoms with Gasteiger partial charge in [-0.05, 0) is 47.1 Å². The van der Waals surface area contributed by atoms with Crippen molar-refractivity contribution in [2.24, 2.45) is 0 Å². The summed E-state index contributed by atoms with van der Waals surface area (Å²) in [6, 6.07) is 3.95. The molecule has 1 aromatic heterocycles. The standard InChI is InChI=1S/C14H10BrF2NO3S/c1-14(13(20)21,9-5-8(16)2-3-10(9)17)18-12(19)7-4-11(15)22-6-7/h2-6H,1H3,(H,18,19)(H,20,21). The molecule has 1 atom stereocenters. The van der Waals surface area contributed by atoms with Crippen LogP contribution in [-0.4, -0.2) is 17.0 Å². The van der Waals surface area contributed by atoms with Crippen LogP contribution in [0.5, 0.6) is 0 Å². The van der Waals surface area contributed by atoms with E-state index >= 15 is 0 Å². The molecule has 1 heterocycles. The number of carbonyl (C=O) groups is 2. The summed E-state index contributed by atoms with van der Waals surface area (Å²) in [6.07, 6.45) is 0. The van der Waals surface area contributed by atoms with Gasteiger partial charge in [0.15, 0.2) is 5.54 Å². The topological polar surface area (TPSA) is 66.4 Å². The summed E-state index contributed by atoms with van der Waals surface area (Å²) in [4.78, 5) is 23.7. The SMILES string of the molecule is CC(NC(=O)c1csc(Br)c1)(C(=O)O)c1cc(F)ccc1F. The van der Waals surface area contributed by atoms with Crippen molar-refractivity contribution in [3.63, 3.8) is 0 Å². The van der Waals surface area contributed by atoms with Gasteiger partial charge in [0.1, 0.15) is 11.6 Å². The van der Waals surface area contributed by atoms with Crippen LogP contribution in [0.2, 0.25) is 0 Å². The number of halogens is 3. The van der Waals surface area contributed by atoms with E-state index in [0.717, 1.165) is 25.1 Å². The Morgan fingerprint density at radius 2 is 2.00 bits per heavy atom. The van der Waals surface area contributed by atoms with E-state index in [-0.39, 0.29) is 5.56 Å². The summed E-state index contributed by atoms with van der Waals surface area (Å²) in [5.41, 5.74) is -2.33. The molecular formula is C14H10BrF2NO3S. The van der Waals surface area contributed by atoms with Crippen molar-refractivity contribution in [2.75, 3.05) is 0 Å². The molecule has 0 aliphatic rings. The fourth-order valence-corrected chi connectivity index (χ4v) is 2.98. The molecule has 2 aromatic rings. The number of thiophene rings is 1. The zero-order chi connectivity index (χ0) is 16.5. The van der Waals surface area contributed by atoms with Gasteiger partial charge >= 0.3 is 5.97 Å². The highest BCUT2D eigenvalue weighted by Crippen LogP contribution is 2.27. The number of carboxylic acids is 1. The van der Waals surface area contributed by atoms with E-state index in [1.807, 2.05) is 0 Å². The van der Waals surface area contributed by atoms with Crippen LogP contribution in [0, 0.1) is 11.6 Å². The van der Waals surface area contributed by atoms with Crippen molar-refractivity contribution in [1.82, 2.24) is 5.32 Å². The van der Waals surface area contributed by atoms with Gasteiger partial charge in [-0.25, -0.2) is 13.6 Å². The summed E-state index contributed by atoms with van der Waals surface area (Å²) >= 11 is 4.43. The number of hydrogen-bond donors (Lipinski definition) is 2. The van der Waals surface area contributed by atoms with Crippen molar-refractivity contribution in [1.29, 1.82) is 0 Å². The first-order chi connectivity index (χ1) is 10.2. The summed E-state index contributed by atoms with van der Waals surface area (Å²) < 4.78 is 27.9. The number of carbonyl (C=O) groups excluding carboxylic acids is 1. The smallest absolute Gasteiger partial charge is 0.333 e. The van der Waals surface area contributed by atoms with Crippen LogP contribution in [0.25, 0.3) is 0 Å². The van der Waals surface area contributed by atoms with Crippen molar-refractivity contribution < 1.29 is 23.5 Å². The molecule has 116 valence electrons. The molecule has 2 rings (SSSR count). The molecule has 22 heavy (non-hydrogen) atoms. The van der Waals surface area contributed by atoms with E-state index in [9.17, 15) is 23.5 Å². The Morgan fingerprint density at radius 1 is 1.32 bits per heavy atom. The first kappa shape index (κ1) is 16.6. The number of benzene rings is 1. The second-order valence-corrected chi connectivity index (χ2v) is 6.94. The van der Waals surface area contributed by atoms with E-state index in [1.165, 1.54) is 22.8 Å². The van der Waals surface area contributed by atoms with Gasteiger partial charge in [-0.15, -0.1) is 11.3 Å². The lowest BCUT2D eigenvalue weighted by molar-refractivity contribution is -0.144. The lowest BCUT2D eigenvalue weighted by Gasteiger charge is -2.27. The number of aliphatic carboxylic acids is 1. The average Bonchev–Trinajstić information content (AvgIpc) is 2.88. The Labute approximate surface area is 136 Å². The van der Waals surface area contributed by atoms with Gasteiger partial charge in [0, 0.05) is 10.9 Å². The number of amides is 1. The summed E-state index contributed by atoms with van der Waals surface area (Å²) in [5.74, 6) is -3.91. The van der Waals surface area contributed by atoms with Gasteiger partial charge in [-0.1, -0.05) is 0 Å². The molecule has 0 spiro atoms. The molecule has 1 amide bonds. The van der Waals surface area contributed by atoms with Crippen molar-refractivity contribution in [2.45, 2.75) is 12.5 Å². The molecule has 4 nitrogen and oxygen atoms in total. The highest BCUT2D eigenvalue weighted by atomic mass is 79.9. The van der Waals surface area contributed by atoms with Gasteiger partial charge in [0.2, 0.25) is 0 Å². The third kappa shape index (κ3) is 3.17. The highest BCUT2D eigenvalue weighted by Gasteiger charge is 2.39. The van der Waals surface area contributed by atoms with Gasteiger partial charge in [0.05, 0.1) is 9.35 Å². The van der Waals surface area contributed by atoms with Crippen LogP contribution < -0.4 is 5.32 Å². The molecular weight excluding hydrogens is 380 g/mol. The Balaban J connectivity index is 2.42. The monoisotopic (exact) mass is 389 g/mol. The zero-order valence-corrected chi connectivity index (χ0v) is 13.6. The van der Waals surface area contributed by atoms with E-state index in [0.29, 0.717) is 3.79 Å². The fourth-order valence-electron chi connectivity index (χ4n) is 1.85. The third-order valence-corrected chi connectivity index (χ3v) is 4.59. The first-order valence-electron chi connectivity index (χ1n) is 5.99. The molecule has 0 saturated heterocycles. The molecule has 1 aromatic carbocycles. The first-order valence-corrected chi connectivity index (χ1v) is 7.67. The Morgan fingerprint density at radius 3 is 2.55 bits per heavy atom. The van der Waals surface area contributed by atoms with Crippen molar-refractivity contribution >= 4 is 39.1 Å². The fraction of sp³-hybridized carbons (Fsp3) is 0.143. The highest BCUT2D eigenvalue weighted by molar-refractivity contribution is 9.11. The maximum atomic E-state index is 13.9. The minimum atomic E-state index is -2.10. The van der Waals surface area contributed by atoms with E-state index < -0.39 is 34.6 Å². The number of rotatable bonds is 4. The van der Waals surface area contributed by atoms with E-state index in [4.69, 9.17) is 0 Å². The van der Waals surface area contributed by atoms with Gasteiger partial charge < -0.3 is 10.4 Å². The summed E-state index contributed by atoms with van der Waals surface area (Å²) in [5, 5.41) is 13.2. The third-order valence-electron chi connectivity index (χ3n) is 3.09. The Bertz CT molecular complexity index is 749.